The molecule has 0 amide bonds. The zero-order valence-corrected chi connectivity index (χ0v) is 10.4. The Labute approximate surface area is 97.0 Å². The van der Waals surface area contributed by atoms with Gasteiger partial charge in [0.15, 0.2) is 0 Å². The molecule has 0 aliphatic carbocycles. The van der Waals surface area contributed by atoms with Crippen molar-refractivity contribution in [2.75, 3.05) is 20.8 Å². The summed E-state index contributed by atoms with van der Waals surface area (Å²) in [5.41, 5.74) is 0.827. The monoisotopic (exact) mass is 224 g/mol. The summed E-state index contributed by atoms with van der Waals surface area (Å²) < 4.78 is 10.6. The average Bonchev–Trinajstić information content (AvgIpc) is 2.29. The summed E-state index contributed by atoms with van der Waals surface area (Å²) in [6.07, 6.45) is 0.719. The van der Waals surface area contributed by atoms with E-state index >= 15 is 0 Å². The highest BCUT2D eigenvalue weighted by molar-refractivity contribution is 5.45. The third-order valence-corrected chi connectivity index (χ3v) is 2.61. The van der Waals surface area contributed by atoms with Crippen molar-refractivity contribution in [2.24, 2.45) is 5.41 Å². The van der Waals surface area contributed by atoms with Gasteiger partial charge in [-0.2, -0.15) is 0 Å². The van der Waals surface area contributed by atoms with Crippen LogP contribution in [0.4, 0.5) is 0 Å². The molecule has 0 heterocycles. The molecule has 0 bridgehead atoms. The maximum Gasteiger partial charge on any atom is 0.125 e. The minimum atomic E-state index is -0.179. The van der Waals surface area contributed by atoms with Gasteiger partial charge in [-0.1, -0.05) is 19.9 Å². The van der Waals surface area contributed by atoms with E-state index in [0.717, 1.165) is 23.5 Å². The number of methoxy groups -OCH3 is 2. The average molecular weight is 224 g/mol. The number of ether oxygens (including phenoxy) is 2. The molecule has 3 nitrogen and oxygen atoms in total. The summed E-state index contributed by atoms with van der Waals surface area (Å²) in [7, 11) is 3.29. The van der Waals surface area contributed by atoms with Gasteiger partial charge in [0.05, 0.1) is 14.2 Å². The molecule has 0 aliphatic heterocycles. The Bertz CT molecular complexity index is 323. The van der Waals surface area contributed by atoms with Crippen molar-refractivity contribution in [3.63, 3.8) is 0 Å². The summed E-state index contributed by atoms with van der Waals surface area (Å²) in [4.78, 5) is 0. The number of hydrogen-bond acceptors (Lipinski definition) is 3. The van der Waals surface area contributed by atoms with Crippen LogP contribution in [0.1, 0.15) is 19.4 Å². The lowest BCUT2D eigenvalue weighted by atomic mass is 9.86. The predicted molar refractivity (Wildman–Crippen MR) is 64.1 cm³/mol. The zero-order valence-electron chi connectivity index (χ0n) is 10.4. The highest BCUT2D eigenvalue weighted by Gasteiger charge is 2.22. The van der Waals surface area contributed by atoms with Crippen LogP contribution in [0.15, 0.2) is 18.2 Å². The molecule has 0 aromatic heterocycles. The van der Waals surface area contributed by atoms with Crippen LogP contribution in [-0.2, 0) is 6.42 Å². The topological polar surface area (TPSA) is 38.7 Å². The molecule has 16 heavy (non-hydrogen) atoms. The standard InChI is InChI=1S/C13H20O3/c1-13(2,9-14)8-10-11(15-3)6-5-7-12(10)16-4/h5-7,14H,8-9H2,1-4H3. The molecule has 0 fully saturated rings. The molecule has 1 N–H and O–H groups in total. The van der Waals surface area contributed by atoms with Crippen molar-refractivity contribution >= 4 is 0 Å². The van der Waals surface area contributed by atoms with Gasteiger partial charge in [0.2, 0.25) is 0 Å². The fourth-order valence-corrected chi connectivity index (χ4v) is 1.64. The van der Waals surface area contributed by atoms with Crippen LogP contribution < -0.4 is 9.47 Å². The molecule has 0 radical (unpaired) electrons. The maximum atomic E-state index is 9.30. The number of benzene rings is 1. The number of rotatable bonds is 5. The lowest BCUT2D eigenvalue weighted by Crippen LogP contribution is -2.20. The Morgan fingerprint density at radius 2 is 1.62 bits per heavy atom. The summed E-state index contributed by atoms with van der Waals surface area (Å²) >= 11 is 0. The highest BCUT2D eigenvalue weighted by atomic mass is 16.5. The minimum Gasteiger partial charge on any atom is -0.496 e. The van der Waals surface area contributed by atoms with Gasteiger partial charge in [-0.05, 0) is 24.0 Å². The van der Waals surface area contributed by atoms with Crippen molar-refractivity contribution in [2.45, 2.75) is 20.3 Å². The first-order chi connectivity index (χ1) is 7.54. The number of aliphatic hydroxyl groups excluding tert-OH is 1. The van der Waals surface area contributed by atoms with Gasteiger partial charge in [0.1, 0.15) is 11.5 Å². The SMILES string of the molecule is COc1cccc(OC)c1CC(C)(C)CO. The van der Waals surface area contributed by atoms with E-state index in [0.29, 0.717) is 0 Å². The fraction of sp³-hybridized carbons (Fsp3) is 0.538. The quantitative estimate of drug-likeness (QED) is 0.833. The van der Waals surface area contributed by atoms with Crippen molar-refractivity contribution in [3.8, 4) is 11.5 Å². The molecule has 0 aliphatic rings. The van der Waals surface area contributed by atoms with Crippen LogP contribution in [0.3, 0.4) is 0 Å². The molecule has 0 saturated carbocycles. The predicted octanol–water partition coefficient (Wildman–Crippen LogP) is 2.26. The molecule has 0 saturated heterocycles. The van der Waals surface area contributed by atoms with E-state index in [1.165, 1.54) is 0 Å². The van der Waals surface area contributed by atoms with Gasteiger partial charge < -0.3 is 14.6 Å². The van der Waals surface area contributed by atoms with E-state index in [9.17, 15) is 5.11 Å². The fourth-order valence-electron chi connectivity index (χ4n) is 1.64. The Morgan fingerprint density at radius 3 is 2.00 bits per heavy atom. The maximum absolute atomic E-state index is 9.30. The summed E-state index contributed by atoms with van der Waals surface area (Å²) in [6.45, 7) is 4.16. The van der Waals surface area contributed by atoms with Gasteiger partial charge in [0, 0.05) is 12.2 Å². The third kappa shape index (κ3) is 2.89. The second kappa shape index (κ2) is 5.21. The van der Waals surface area contributed by atoms with Gasteiger partial charge in [-0.15, -0.1) is 0 Å². The van der Waals surface area contributed by atoms with Gasteiger partial charge >= 0.3 is 0 Å². The summed E-state index contributed by atoms with van der Waals surface area (Å²) in [5, 5.41) is 9.30. The number of hydrogen-bond donors (Lipinski definition) is 1. The molecule has 0 atom stereocenters. The second-order valence-corrected chi connectivity index (χ2v) is 4.64. The van der Waals surface area contributed by atoms with Crippen LogP contribution in [0.2, 0.25) is 0 Å². The Kier molecular flexibility index (Phi) is 4.19. The molecule has 1 aromatic carbocycles. The van der Waals surface area contributed by atoms with E-state index in [2.05, 4.69) is 0 Å². The van der Waals surface area contributed by atoms with Crippen molar-refractivity contribution in [1.82, 2.24) is 0 Å². The van der Waals surface area contributed by atoms with Crippen LogP contribution in [0, 0.1) is 5.41 Å². The minimum absolute atomic E-state index is 0.133. The Balaban J connectivity index is 3.09. The van der Waals surface area contributed by atoms with E-state index in [4.69, 9.17) is 9.47 Å². The van der Waals surface area contributed by atoms with Crippen molar-refractivity contribution in [1.29, 1.82) is 0 Å². The molecule has 0 unspecified atom stereocenters. The van der Waals surface area contributed by atoms with Crippen LogP contribution >= 0.6 is 0 Å². The Hall–Kier alpha value is -1.22. The highest BCUT2D eigenvalue weighted by Crippen LogP contribution is 2.34. The van der Waals surface area contributed by atoms with E-state index in [1.54, 1.807) is 14.2 Å². The van der Waals surface area contributed by atoms with Crippen LogP contribution in [0.5, 0.6) is 11.5 Å². The normalized spacial score (nSPS) is 11.3. The van der Waals surface area contributed by atoms with Gasteiger partial charge in [-0.25, -0.2) is 0 Å². The van der Waals surface area contributed by atoms with Gasteiger partial charge in [-0.3, -0.25) is 0 Å². The molecule has 1 rings (SSSR count). The summed E-state index contributed by atoms with van der Waals surface area (Å²) in [5.74, 6) is 1.61. The summed E-state index contributed by atoms with van der Waals surface area (Å²) in [6, 6.07) is 5.71. The first-order valence-electron chi connectivity index (χ1n) is 5.35. The van der Waals surface area contributed by atoms with E-state index in [-0.39, 0.29) is 12.0 Å². The molecule has 0 spiro atoms. The van der Waals surface area contributed by atoms with Crippen LogP contribution in [0.25, 0.3) is 0 Å². The lowest BCUT2D eigenvalue weighted by molar-refractivity contribution is 0.158. The molecule has 3 heteroatoms. The van der Waals surface area contributed by atoms with Crippen LogP contribution in [-0.4, -0.2) is 25.9 Å². The largest absolute Gasteiger partial charge is 0.496 e. The van der Waals surface area contributed by atoms with E-state index in [1.807, 2.05) is 32.0 Å². The van der Waals surface area contributed by atoms with Crippen molar-refractivity contribution in [3.05, 3.63) is 23.8 Å². The molecule has 90 valence electrons. The lowest BCUT2D eigenvalue weighted by Gasteiger charge is -2.24. The second-order valence-electron chi connectivity index (χ2n) is 4.64. The number of aliphatic hydroxyl groups is 1. The van der Waals surface area contributed by atoms with E-state index < -0.39 is 0 Å². The third-order valence-electron chi connectivity index (χ3n) is 2.61. The Morgan fingerprint density at radius 1 is 1.12 bits per heavy atom. The van der Waals surface area contributed by atoms with Gasteiger partial charge in [0.25, 0.3) is 0 Å². The smallest absolute Gasteiger partial charge is 0.125 e. The van der Waals surface area contributed by atoms with Crippen molar-refractivity contribution < 1.29 is 14.6 Å². The molecule has 1 aromatic rings. The first-order valence-corrected chi connectivity index (χ1v) is 5.35. The molecular formula is C13H20O3. The zero-order chi connectivity index (χ0) is 12.2. The molecular weight excluding hydrogens is 204 g/mol. The first kappa shape index (κ1) is 12.8.